The maximum atomic E-state index is 12.5. The van der Waals surface area contributed by atoms with Gasteiger partial charge in [0.15, 0.2) is 0 Å². The third kappa shape index (κ3) is 3.78. The molecule has 126 valence electrons. The van der Waals surface area contributed by atoms with Crippen molar-refractivity contribution in [1.82, 2.24) is 5.32 Å². The highest BCUT2D eigenvalue weighted by atomic mass is 16.5. The van der Waals surface area contributed by atoms with E-state index in [1.807, 2.05) is 36.4 Å². The van der Waals surface area contributed by atoms with Crippen LogP contribution in [0.5, 0.6) is 5.75 Å². The minimum atomic E-state index is -0.283. The Morgan fingerprint density at radius 2 is 1.79 bits per heavy atom. The number of benzene rings is 2. The summed E-state index contributed by atoms with van der Waals surface area (Å²) in [4.78, 5) is 12.5. The number of para-hydroxylation sites is 1. The van der Waals surface area contributed by atoms with E-state index < -0.39 is 0 Å². The second-order valence-corrected chi connectivity index (χ2v) is 7.07. The molecular formula is C21H25NO2. The van der Waals surface area contributed by atoms with Crippen LogP contribution in [-0.4, -0.2) is 11.5 Å². The Kier molecular flexibility index (Phi) is 4.61. The summed E-state index contributed by atoms with van der Waals surface area (Å²) in [5.41, 5.74) is 3.12. The lowest BCUT2D eigenvalue weighted by Crippen LogP contribution is -2.41. The van der Waals surface area contributed by atoms with Gasteiger partial charge in [-0.2, -0.15) is 0 Å². The average Bonchev–Trinajstić information content (AvgIpc) is 2.54. The van der Waals surface area contributed by atoms with Gasteiger partial charge in [-0.15, -0.1) is 0 Å². The highest BCUT2D eigenvalue weighted by Gasteiger charge is 2.34. The van der Waals surface area contributed by atoms with Crippen LogP contribution in [0.4, 0.5) is 0 Å². The van der Waals surface area contributed by atoms with Crippen molar-refractivity contribution in [2.24, 2.45) is 0 Å². The van der Waals surface area contributed by atoms with Crippen LogP contribution in [0.2, 0.25) is 0 Å². The fraction of sp³-hybridized carbons (Fsp3) is 0.381. The SMILES string of the molecule is CCc1ccc(CC(=O)NC2CC(C)(C)Oc3ccccc32)cc1. The van der Waals surface area contributed by atoms with E-state index in [1.54, 1.807) is 0 Å². The predicted octanol–water partition coefficient (Wildman–Crippen LogP) is 4.21. The number of ether oxygens (including phenoxy) is 1. The topological polar surface area (TPSA) is 38.3 Å². The van der Waals surface area contributed by atoms with Gasteiger partial charge in [0.2, 0.25) is 5.91 Å². The molecule has 1 N–H and O–H groups in total. The fourth-order valence-corrected chi connectivity index (χ4v) is 3.25. The molecule has 1 aliphatic rings. The Morgan fingerprint density at radius 3 is 2.50 bits per heavy atom. The van der Waals surface area contributed by atoms with Crippen LogP contribution >= 0.6 is 0 Å². The standard InChI is InChI=1S/C21H25NO2/c1-4-15-9-11-16(12-10-15)13-20(23)22-18-14-21(2,3)24-19-8-6-5-7-17(18)19/h5-12,18H,4,13-14H2,1-3H3,(H,22,23). The molecule has 1 atom stereocenters. The van der Waals surface area contributed by atoms with Crippen LogP contribution in [-0.2, 0) is 17.6 Å². The zero-order chi connectivity index (χ0) is 17.2. The Morgan fingerprint density at radius 1 is 1.12 bits per heavy atom. The van der Waals surface area contributed by atoms with Gasteiger partial charge < -0.3 is 10.1 Å². The number of fused-ring (bicyclic) bond motifs is 1. The van der Waals surface area contributed by atoms with Gasteiger partial charge >= 0.3 is 0 Å². The molecule has 0 radical (unpaired) electrons. The summed E-state index contributed by atoms with van der Waals surface area (Å²) in [6.07, 6.45) is 2.19. The smallest absolute Gasteiger partial charge is 0.224 e. The van der Waals surface area contributed by atoms with Gasteiger partial charge in [0.25, 0.3) is 0 Å². The molecule has 3 nitrogen and oxygen atoms in total. The van der Waals surface area contributed by atoms with E-state index in [-0.39, 0.29) is 17.6 Å². The van der Waals surface area contributed by atoms with Crippen LogP contribution in [0.1, 0.15) is 49.9 Å². The second-order valence-electron chi connectivity index (χ2n) is 7.07. The van der Waals surface area contributed by atoms with Gasteiger partial charge in [-0.05, 0) is 37.5 Å². The van der Waals surface area contributed by atoms with Crippen molar-refractivity contribution in [2.45, 2.75) is 51.7 Å². The lowest BCUT2D eigenvalue weighted by molar-refractivity contribution is -0.121. The number of aryl methyl sites for hydroxylation is 1. The van der Waals surface area contributed by atoms with Crippen LogP contribution in [0, 0.1) is 0 Å². The summed E-state index contributed by atoms with van der Waals surface area (Å²) in [5, 5.41) is 3.19. The molecule has 0 aromatic heterocycles. The molecule has 0 fully saturated rings. The first-order chi connectivity index (χ1) is 11.5. The van der Waals surface area contributed by atoms with Gasteiger partial charge in [-0.25, -0.2) is 0 Å². The van der Waals surface area contributed by atoms with Crippen molar-refractivity contribution in [3.8, 4) is 5.75 Å². The first-order valence-electron chi connectivity index (χ1n) is 8.62. The van der Waals surface area contributed by atoms with Crippen molar-refractivity contribution in [3.63, 3.8) is 0 Å². The summed E-state index contributed by atoms with van der Waals surface area (Å²) in [7, 11) is 0. The van der Waals surface area contributed by atoms with Crippen molar-refractivity contribution >= 4 is 5.91 Å². The van der Waals surface area contributed by atoms with Gasteiger partial charge in [0.1, 0.15) is 11.4 Å². The summed E-state index contributed by atoms with van der Waals surface area (Å²) in [6.45, 7) is 6.25. The molecule has 1 amide bonds. The maximum absolute atomic E-state index is 12.5. The highest BCUT2D eigenvalue weighted by Crippen LogP contribution is 2.39. The largest absolute Gasteiger partial charge is 0.487 e. The van der Waals surface area contributed by atoms with E-state index in [0.29, 0.717) is 6.42 Å². The van der Waals surface area contributed by atoms with Gasteiger partial charge in [-0.1, -0.05) is 49.4 Å². The van der Waals surface area contributed by atoms with Crippen molar-refractivity contribution in [3.05, 3.63) is 65.2 Å². The summed E-state index contributed by atoms with van der Waals surface area (Å²) < 4.78 is 6.02. The lowest BCUT2D eigenvalue weighted by Gasteiger charge is -2.37. The highest BCUT2D eigenvalue weighted by molar-refractivity contribution is 5.79. The molecular weight excluding hydrogens is 298 g/mol. The summed E-state index contributed by atoms with van der Waals surface area (Å²) in [5.74, 6) is 0.920. The Hall–Kier alpha value is -2.29. The number of hydrogen-bond acceptors (Lipinski definition) is 2. The Balaban J connectivity index is 1.71. The zero-order valence-corrected chi connectivity index (χ0v) is 14.6. The van der Waals surface area contributed by atoms with E-state index in [9.17, 15) is 4.79 Å². The molecule has 1 heterocycles. The van der Waals surface area contributed by atoms with Crippen molar-refractivity contribution < 1.29 is 9.53 Å². The van der Waals surface area contributed by atoms with Crippen LogP contribution < -0.4 is 10.1 Å². The first kappa shape index (κ1) is 16.6. The van der Waals surface area contributed by atoms with E-state index in [2.05, 4.69) is 38.2 Å². The lowest BCUT2D eigenvalue weighted by atomic mass is 9.89. The fourth-order valence-electron chi connectivity index (χ4n) is 3.25. The van der Waals surface area contributed by atoms with Crippen LogP contribution in [0.25, 0.3) is 0 Å². The van der Waals surface area contributed by atoms with Crippen LogP contribution in [0.15, 0.2) is 48.5 Å². The Labute approximate surface area is 144 Å². The molecule has 0 saturated carbocycles. The first-order valence-corrected chi connectivity index (χ1v) is 8.62. The molecule has 1 unspecified atom stereocenters. The molecule has 3 rings (SSSR count). The normalized spacial score (nSPS) is 18.4. The minimum Gasteiger partial charge on any atom is -0.487 e. The van der Waals surface area contributed by atoms with E-state index in [4.69, 9.17) is 4.74 Å². The third-order valence-electron chi connectivity index (χ3n) is 4.51. The van der Waals surface area contributed by atoms with Crippen LogP contribution in [0.3, 0.4) is 0 Å². The molecule has 1 aliphatic heterocycles. The molecule has 24 heavy (non-hydrogen) atoms. The van der Waals surface area contributed by atoms with Crippen molar-refractivity contribution in [2.75, 3.05) is 0 Å². The number of carbonyl (C=O) groups is 1. The van der Waals surface area contributed by atoms with Gasteiger partial charge in [-0.3, -0.25) is 4.79 Å². The number of hydrogen-bond donors (Lipinski definition) is 1. The monoisotopic (exact) mass is 323 g/mol. The number of amides is 1. The molecule has 2 aromatic rings. The second kappa shape index (κ2) is 6.68. The quantitative estimate of drug-likeness (QED) is 0.915. The maximum Gasteiger partial charge on any atom is 0.224 e. The Bertz CT molecular complexity index is 719. The number of rotatable bonds is 4. The number of carbonyl (C=O) groups excluding carboxylic acids is 1. The van der Waals surface area contributed by atoms with Gasteiger partial charge in [0.05, 0.1) is 12.5 Å². The van der Waals surface area contributed by atoms with E-state index in [0.717, 1.165) is 29.7 Å². The summed E-state index contributed by atoms with van der Waals surface area (Å²) in [6, 6.07) is 16.2. The molecule has 0 bridgehead atoms. The molecule has 0 spiro atoms. The molecule has 0 saturated heterocycles. The average molecular weight is 323 g/mol. The molecule has 2 aromatic carbocycles. The predicted molar refractivity (Wildman–Crippen MR) is 96.2 cm³/mol. The number of nitrogens with one attached hydrogen (secondary N) is 1. The molecule has 3 heteroatoms. The third-order valence-corrected chi connectivity index (χ3v) is 4.51. The van der Waals surface area contributed by atoms with E-state index >= 15 is 0 Å². The van der Waals surface area contributed by atoms with Gasteiger partial charge in [0, 0.05) is 12.0 Å². The van der Waals surface area contributed by atoms with Crippen molar-refractivity contribution in [1.29, 1.82) is 0 Å². The molecule has 0 aliphatic carbocycles. The zero-order valence-electron chi connectivity index (χ0n) is 14.6. The summed E-state index contributed by atoms with van der Waals surface area (Å²) >= 11 is 0. The minimum absolute atomic E-state index is 0.00707. The van der Waals surface area contributed by atoms with E-state index in [1.165, 1.54) is 5.56 Å².